The maximum atomic E-state index is 5.94. The Labute approximate surface area is 99.5 Å². The lowest BCUT2D eigenvalue weighted by Crippen LogP contribution is -2.27. The van der Waals surface area contributed by atoms with Gasteiger partial charge in [0.15, 0.2) is 0 Å². The van der Waals surface area contributed by atoms with E-state index in [1.165, 1.54) is 6.07 Å². The highest BCUT2D eigenvalue weighted by Gasteiger charge is 2.20. The highest BCUT2D eigenvalue weighted by molar-refractivity contribution is 6.36. The Balaban J connectivity index is 3.01. The molecule has 0 spiro atoms. The van der Waals surface area contributed by atoms with Crippen molar-refractivity contribution in [3.8, 4) is 5.88 Å². The van der Waals surface area contributed by atoms with Gasteiger partial charge in [0, 0.05) is 0 Å². The third-order valence-corrected chi connectivity index (χ3v) is 2.72. The van der Waals surface area contributed by atoms with Gasteiger partial charge in [-0.15, -0.1) is 0 Å². The molecule has 0 aliphatic carbocycles. The molecule has 0 radical (unpaired) electrons. The van der Waals surface area contributed by atoms with Crippen LogP contribution in [0.25, 0.3) is 0 Å². The third kappa shape index (κ3) is 3.14. The van der Waals surface area contributed by atoms with Crippen LogP contribution in [0.1, 0.15) is 27.2 Å². The van der Waals surface area contributed by atoms with Crippen molar-refractivity contribution in [2.45, 2.75) is 32.8 Å². The fourth-order valence-electron chi connectivity index (χ4n) is 0.869. The van der Waals surface area contributed by atoms with Crippen LogP contribution in [0.5, 0.6) is 5.88 Å². The van der Waals surface area contributed by atoms with Gasteiger partial charge in [-0.2, -0.15) is 4.98 Å². The number of ether oxygens (including phenoxy) is 1. The predicted molar refractivity (Wildman–Crippen MR) is 63.7 cm³/mol. The summed E-state index contributed by atoms with van der Waals surface area (Å²) in [6.45, 7) is 5.93. The second-order valence-electron chi connectivity index (χ2n) is 3.86. The van der Waals surface area contributed by atoms with Crippen molar-refractivity contribution < 1.29 is 4.74 Å². The van der Waals surface area contributed by atoms with Crippen LogP contribution in [0.4, 0.5) is 5.82 Å². The molecule has 3 nitrogen and oxygen atoms in total. The van der Waals surface area contributed by atoms with Crippen LogP contribution in [0, 0.1) is 0 Å². The zero-order valence-electron chi connectivity index (χ0n) is 8.97. The molecule has 0 saturated carbocycles. The van der Waals surface area contributed by atoms with Gasteiger partial charge in [0.25, 0.3) is 0 Å². The Hall–Kier alpha value is -0.670. The number of anilines is 1. The fourth-order valence-corrected chi connectivity index (χ4v) is 1.27. The minimum Gasteiger partial charge on any atom is -0.471 e. The number of nitrogens with zero attached hydrogens (tertiary/aromatic N) is 1. The number of hydrogen-bond acceptors (Lipinski definition) is 3. The molecule has 1 aromatic rings. The fraction of sp³-hybridized carbons (Fsp3) is 0.500. The number of nitrogen functional groups attached to an aromatic ring is 1. The number of halogens is 2. The zero-order chi connectivity index (χ0) is 11.6. The first-order chi connectivity index (χ1) is 6.85. The highest BCUT2D eigenvalue weighted by Crippen LogP contribution is 2.31. The smallest absolute Gasteiger partial charge is 0.235 e. The van der Waals surface area contributed by atoms with Gasteiger partial charge in [0.2, 0.25) is 5.88 Å². The van der Waals surface area contributed by atoms with Crippen molar-refractivity contribution in [2.24, 2.45) is 0 Å². The van der Waals surface area contributed by atoms with E-state index in [1.54, 1.807) is 0 Å². The first-order valence-electron chi connectivity index (χ1n) is 4.66. The number of hydrogen-bond donors (Lipinski definition) is 1. The van der Waals surface area contributed by atoms with Crippen molar-refractivity contribution in [3.05, 3.63) is 16.1 Å². The van der Waals surface area contributed by atoms with Crippen molar-refractivity contribution >= 4 is 29.0 Å². The lowest BCUT2D eigenvalue weighted by Gasteiger charge is -2.24. The van der Waals surface area contributed by atoms with Crippen LogP contribution in [-0.2, 0) is 0 Å². The normalized spacial score (nSPS) is 11.5. The summed E-state index contributed by atoms with van der Waals surface area (Å²) in [6.07, 6.45) is 0.841. The Morgan fingerprint density at radius 1 is 1.40 bits per heavy atom. The summed E-state index contributed by atoms with van der Waals surface area (Å²) in [5, 5.41) is 0.706. The number of nitrogens with two attached hydrogens (primary N) is 1. The summed E-state index contributed by atoms with van der Waals surface area (Å²) in [7, 11) is 0. The highest BCUT2D eigenvalue weighted by atomic mass is 35.5. The van der Waals surface area contributed by atoms with Gasteiger partial charge in [-0.1, -0.05) is 30.1 Å². The van der Waals surface area contributed by atoms with E-state index < -0.39 is 0 Å². The van der Waals surface area contributed by atoms with E-state index in [0.29, 0.717) is 15.9 Å². The molecule has 0 unspecified atom stereocenters. The minimum atomic E-state index is -0.323. The summed E-state index contributed by atoms with van der Waals surface area (Å²) in [4.78, 5) is 4.00. The average Bonchev–Trinajstić information content (AvgIpc) is 2.14. The first kappa shape index (κ1) is 12.4. The van der Waals surface area contributed by atoms with Gasteiger partial charge >= 0.3 is 0 Å². The molecule has 1 heterocycles. The van der Waals surface area contributed by atoms with E-state index in [2.05, 4.69) is 4.98 Å². The number of pyridine rings is 1. The summed E-state index contributed by atoms with van der Waals surface area (Å²) < 4.78 is 5.64. The molecule has 2 N–H and O–H groups in total. The minimum absolute atomic E-state index is 0.225. The van der Waals surface area contributed by atoms with E-state index in [9.17, 15) is 0 Å². The molecular formula is C10H14Cl2N2O. The van der Waals surface area contributed by atoms with Gasteiger partial charge in [-0.3, -0.25) is 0 Å². The van der Waals surface area contributed by atoms with Crippen molar-refractivity contribution in [1.29, 1.82) is 0 Å². The summed E-state index contributed by atoms with van der Waals surface area (Å²) in [5.41, 5.74) is 5.25. The molecule has 0 saturated heterocycles. The van der Waals surface area contributed by atoms with Crippen LogP contribution < -0.4 is 10.5 Å². The summed E-state index contributed by atoms with van der Waals surface area (Å²) >= 11 is 11.7. The molecule has 0 aliphatic heterocycles. The lowest BCUT2D eigenvalue weighted by atomic mass is 10.1. The molecule has 0 aliphatic rings. The third-order valence-electron chi connectivity index (χ3n) is 2.15. The van der Waals surface area contributed by atoms with Gasteiger partial charge in [-0.25, -0.2) is 0 Å². The maximum absolute atomic E-state index is 5.94. The van der Waals surface area contributed by atoms with Crippen LogP contribution in [-0.4, -0.2) is 10.6 Å². The van der Waals surface area contributed by atoms with Gasteiger partial charge in [-0.05, 0) is 26.3 Å². The van der Waals surface area contributed by atoms with Crippen molar-refractivity contribution in [1.82, 2.24) is 4.98 Å². The Kier molecular flexibility index (Phi) is 3.68. The van der Waals surface area contributed by atoms with E-state index in [1.807, 2.05) is 20.8 Å². The van der Waals surface area contributed by atoms with Gasteiger partial charge in [0.05, 0.1) is 5.02 Å². The number of aromatic nitrogens is 1. The first-order valence-corrected chi connectivity index (χ1v) is 5.42. The molecule has 5 heteroatoms. The summed E-state index contributed by atoms with van der Waals surface area (Å²) in [6, 6.07) is 1.53. The average molecular weight is 249 g/mol. The maximum Gasteiger partial charge on any atom is 0.235 e. The van der Waals surface area contributed by atoms with Gasteiger partial charge < -0.3 is 10.5 Å². The second kappa shape index (κ2) is 4.45. The second-order valence-corrected chi connectivity index (χ2v) is 4.67. The van der Waals surface area contributed by atoms with Crippen molar-refractivity contribution in [2.75, 3.05) is 5.73 Å². The molecule has 84 valence electrons. The molecule has 15 heavy (non-hydrogen) atoms. The standard InChI is InChI=1S/C10H14Cl2N2O/c1-4-10(2,3)15-9-7(12)5-6(11)8(13)14-9/h5H,4H2,1-3H3,(H2,13,14). The van der Waals surface area contributed by atoms with Crippen LogP contribution in [0.15, 0.2) is 6.07 Å². The molecule has 0 fully saturated rings. The monoisotopic (exact) mass is 248 g/mol. The molecule has 1 rings (SSSR count). The number of rotatable bonds is 3. The molecule has 0 bridgehead atoms. The molecule has 0 amide bonds. The van der Waals surface area contributed by atoms with E-state index in [-0.39, 0.29) is 11.4 Å². The van der Waals surface area contributed by atoms with Gasteiger partial charge in [0.1, 0.15) is 16.4 Å². The SMILES string of the molecule is CCC(C)(C)Oc1nc(N)c(Cl)cc1Cl. The van der Waals surface area contributed by atoms with Crippen LogP contribution >= 0.6 is 23.2 Å². The Morgan fingerprint density at radius 2 is 2.00 bits per heavy atom. The van der Waals surface area contributed by atoms with Crippen LogP contribution in [0.2, 0.25) is 10.0 Å². The van der Waals surface area contributed by atoms with Crippen molar-refractivity contribution in [3.63, 3.8) is 0 Å². The molecule has 0 atom stereocenters. The topological polar surface area (TPSA) is 48.1 Å². The lowest BCUT2D eigenvalue weighted by molar-refractivity contribution is 0.0994. The molecule has 1 aromatic heterocycles. The quantitative estimate of drug-likeness (QED) is 0.891. The Bertz CT molecular complexity index is 367. The molecule has 0 aromatic carbocycles. The van der Waals surface area contributed by atoms with E-state index in [0.717, 1.165) is 6.42 Å². The Morgan fingerprint density at radius 3 is 2.53 bits per heavy atom. The summed E-state index contributed by atoms with van der Waals surface area (Å²) in [5.74, 6) is 0.549. The van der Waals surface area contributed by atoms with Crippen LogP contribution in [0.3, 0.4) is 0 Å². The zero-order valence-corrected chi connectivity index (χ0v) is 10.5. The van der Waals surface area contributed by atoms with E-state index >= 15 is 0 Å². The largest absolute Gasteiger partial charge is 0.471 e. The molecular weight excluding hydrogens is 235 g/mol. The van der Waals surface area contributed by atoms with E-state index in [4.69, 9.17) is 33.7 Å². The predicted octanol–water partition coefficient (Wildman–Crippen LogP) is 3.54.